The smallest absolute Gasteiger partial charge is 0.329 e. The van der Waals surface area contributed by atoms with Crippen molar-refractivity contribution in [3.05, 3.63) is 79.5 Å². The highest BCUT2D eigenvalue weighted by Crippen LogP contribution is 2.20. The van der Waals surface area contributed by atoms with Gasteiger partial charge in [0.25, 0.3) is 11.5 Å². The summed E-state index contributed by atoms with van der Waals surface area (Å²) in [5, 5.41) is 3.91. The highest BCUT2D eigenvalue weighted by molar-refractivity contribution is 6.33. The molecule has 0 radical (unpaired) electrons. The third kappa shape index (κ3) is 5.37. The molecule has 1 amide bonds. The highest BCUT2D eigenvalue weighted by atomic mass is 35.5. The van der Waals surface area contributed by atoms with Crippen molar-refractivity contribution in [2.75, 3.05) is 19.6 Å². The molecule has 4 rings (SSSR count). The topological polar surface area (TPSA) is 87.2 Å². The summed E-state index contributed by atoms with van der Waals surface area (Å²) < 4.78 is 1.49. The van der Waals surface area contributed by atoms with Gasteiger partial charge in [0.15, 0.2) is 0 Å². The van der Waals surface area contributed by atoms with Crippen LogP contribution in [0.4, 0.5) is 0 Å². The first-order valence-corrected chi connectivity index (χ1v) is 11.7. The van der Waals surface area contributed by atoms with E-state index < -0.39 is 11.2 Å². The molecule has 0 saturated carbocycles. The number of hydrogen-bond donors (Lipinski definition) is 2. The number of nitrogens with zero attached hydrogens (tertiary/aromatic N) is 2. The second-order valence-corrected chi connectivity index (χ2v) is 9.53. The van der Waals surface area contributed by atoms with E-state index in [9.17, 15) is 14.4 Å². The second-order valence-electron chi connectivity index (χ2n) is 9.12. The van der Waals surface area contributed by atoms with Gasteiger partial charge in [-0.3, -0.25) is 19.1 Å². The number of carbonyl (C=O) groups is 1. The Morgan fingerprint density at radius 1 is 1.21 bits per heavy atom. The average Bonchev–Trinajstić information content (AvgIpc) is 3.23. The van der Waals surface area contributed by atoms with Crippen LogP contribution in [0, 0.1) is 5.92 Å². The molecule has 1 fully saturated rings. The van der Waals surface area contributed by atoms with Crippen molar-refractivity contribution in [2.24, 2.45) is 5.92 Å². The van der Waals surface area contributed by atoms with Crippen molar-refractivity contribution < 1.29 is 4.79 Å². The van der Waals surface area contributed by atoms with Crippen LogP contribution in [0.25, 0.3) is 10.9 Å². The summed E-state index contributed by atoms with van der Waals surface area (Å²) in [6, 6.07) is 12.2. The molecule has 1 saturated heterocycles. The van der Waals surface area contributed by atoms with Crippen LogP contribution in [0.1, 0.15) is 42.6 Å². The van der Waals surface area contributed by atoms with Crippen LogP contribution in [0.3, 0.4) is 0 Å². The number of likely N-dealkylation sites (tertiary alicyclic amines) is 1. The number of benzene rings is 2. The molecule has 0 bridgehead atoms. The number of aromatic amines is 1. The molecule has 2 N–H and O–H groups in total. The van der Waals surface area contributed by atoms with E-state index in [4.69, 9.17) is 11.6 Å². The Morgan fingerprint density at radius 2 is 2.00 bits per heavy atom. The number of H-pyrrole nitrogens is 1. The fraction of sp³-hybridized carbons (Fsp3) is 0.400. The normalized spacial score (nSPS) is 16.5. The summed E-state index contributed by atoms with van der Waals surface area (Å²) in [6.07, 6.45) is 2.06. The molecule has 1 atom stereocenters. The van der Waals surface area contributed by atoms with Crippen molar-refractivity contribution in [1.82, 2.24) is 19.8 Å². The van der Waals surface area contributed by atoms with Gasteiger partial charge in [0, 0.05) is 19.1 Å². The van der Waals surface area contributed by atoms with Gasteiger partial charge in [-0.05, 0) is 55.1 Å². The Hall–Kier alpha value is -2.90. The maximum Gasteiger partial charge on any atom is 0.329 e. The van der Waals surface area contributed by atoms with E-state index in [2.05, 4.69) is 29.0 Å². The van der Waals surface area contributed by atoms with E-state index in [1.165, 1.54) is 4.57 Å². The summed E-state index contributed by atoms with van der Waals surface area (Å²) in [6.45, 7) is 7.51. The molecule has 0 aliphatic carbocycles. The molecule has 7 nitrogen and oxygen atoms in total. The molecule has 174 valence electrons. The van der Waals surface area contributed by atoms with Crippen LogP contribution in [-0.2, 0) is 6.54 Å². The molecule has 1 aliphatic rings. The van der Waals surface area contributed by atoms with E-state index in [-0.39, 0.29) is 18.5 Å². The van der Waals surface area contributed by atoms with Crippen molar-refractivity contribution >= 4 is 28.4 Å². The maximum atomic E-state index is 13.0. The first-order chi connectivity index (χ1) is 15.8. The van der Waals surface area contributed by atoms with Crippen LogP contribution < -0.4 is 16.6 Å². The minimum absolute atomic E-state index is 0.0927. The summed E-state index contributed by atoms with van der Waals surface area (Å²) in [5.74, 6) is 0.448. The van der Waals surface area contributed by atoms with Crippen molar-refractivity contribution in [2.45, 2.75) is 39.3 Å². The largest absolute Gasteiger partial charge is 0.348 e. The van der Waals surface area contributed by atoms with Crippen LogP contribution >= 0.6 is 11.6 Å². The zero-order valence-electron chi connectivity index (χ0n) is 18.9. The number of fused-ring (bicyclic) bond motifs is 1. The van der Waals surface area contributed by atoms with E-state index in [0.29, 0.717) is 27.4 Å². The summed E-state index contributed by atoms with van der Waals surface area (Å²) in [5.41, 5.74) is 0.763. The number of halogens is 1. The Bertz CT molecular complexity index is 1280. The van der Waals surface area contributed by atoms with Gasteiger partial charge in [0.05, 0.1) is 28.0 Å². The molecule has 33 heavy (non-hydrogen) atoms. The summed E-state index contributed by atoms with van der Waals surface area (Å²) >= 11 is 6.35. The van der Waals surface area contributed by atoms with Crippen LogP contribution in [-0.4, -0.2) is 46.0 Å². The van der Waals surface area contributed by atoms with E-state index in [1.807, 2.05) is 0 Å². The first-order valence-electron chi connectivity index (χ1n) is 11.4. The number of carbonyl (C=O) groups excluding carboxylic acids is 1. The summed E-state index contributed by atoms with van der Waals surface area (Å²) in [4.78, 5) is 42.3. The molecule has 8 heteroatoms. The number of rotatable bonds is 7. The molecule has 0 spiro atoms. The van der Waals surface area contributed by atoms with Crippen molar-refractivity contribution in [3.8, 4) is 0 Å². The Kier molecular flexibility index (Phi) is 7.00. The van der Waals surface area contributed by atoms with Gasteiger partial charge in [-0.1, -0.05) is 43.6 Å². The quantitative estimate of drug-likeness (QED) is 0.557. The molecule has 1 aliphatic heterocycles. The molecular formula is C25H29ClN4O3. The van der Waals surface area contributed by atoms with Crippen molar-refractivity contribution in [3.63, 3.8) is 0 Å². The van der Waals surface area contributed by atoms with Gasteiger partial charge in [0.1, 0.15) is 0 Å². The van der Waals surface area contributed by atoms with Crippen molar-refractivity contribution in [1.29, 1.82) is 0 Å². The van der Waals surface area contributed by atoms with Crippen LogP contribution in [0.2, 0.25) is 5.02 Å². The molecule has 2 heterocycles. The van der Waals surface area contributed by atoms with Crippen LogP contribution in [0.15, 0.2) is 52.1 Å². The molecule has 3 aromatic rings. The fourth-order valence-electron chi connectivity index (χ4n) is 4.28. The minimum atomic E-state index is -0.493. The van der Waals surface area contributed by atoms with E-state index in [1.54, 1.807) is 42.5 Å². The maximum absolute atomic E-state index is 13.0. The number of nitrogens with one attached hydrogen (secondary N) is 2. The third-order valence-electron chi connectivity index (χ3n) is 6.15. The lowest BCUT2D eigenvalue weighted by Gasteiger charge is -2.18. The van der Waals surface area contributed by atoms with Gasteiger partial charge < -0.3 is 10.2 Å². The standard InChI is InChI=1S/C25H29ClN4O3/c1-16(2)9-11-29-12-10-18(15-29)27-24(32)20-13-17(7-8-21(20)26)14-30-22-6-4-3-5-19(22)23(31)28-25(30)33/h3-8,13,16,18H,9-12,14-15H2,1-2H3,(H,27,32)(H,28,31,33). The van der Waals surface area contributed by atoms with Gasteiger partial charge in [0.2, 0.25) is 0 Å². The Morgan fingerprint density at radius 3 is 2.79 bits per heavy atom. The van der Waals surface area contributed by atoms with Gasteiger partial charge in [-0.15, -0.1) is 0 Å². The SMILES string of the molecule is CC(C)CCN1CCC(NC(=O)c2cc(Cn3c(=O)[nH]c(=O)c4ccccc43)ccc2Cl)C1. The summed E-state index contributed by atoms with van der Waals surface area (Å²) in [7, 11) is 0. The van der Waals surface area contributed by atoms with Gasteiger partial charge in [-0.2, -0.15) is 0 Å². The number of aromatic nitrogens is 2. The lowest BCUT2D eigenvalue weighted by Crippen LogP contribution is -2.37. The zero-order valence-corrected chi connectivity index (χ0v) is 19.7. The monoisotopic (exact) mass is 468 g/mol. The predicted molar refractivity (Wildman–Crippen MR) is 131 cm³/mol. The van der Waals surface area contributed by atoms with E-state index >= 15 is 0 Å². The van der Waals surface area contributed by atoms with E-state index in [0.717, 1.165) is 38.0 Å². The molecule has 1 aromatic heterocycles. The predicted octanol–water partition coefficient (Wildman–Crippen LogP) is 3.24. The number of hydrogen-bond acceptors (Lipinski definition) is 4. The third-order valence-corrected chi connectivity index (χ3v) is 6.48. The average molecular weight is 469 g/mol. The second kappa shape index (κ2) is 9.93. The van der Waals surface area contributed by atoms with Gasteiger partial charge >= 0.3 is 5.69 Å². The van der Waals surface area contributed by atoms with Crippen LogP contribution in [0.5, 0.6) is 0 Å². The highest BCUT2D eigenvalue weighted by Gasteiger charge is 2.25. The molecule has 1 unspecified atom stereocenters. The fourth-order valence-corrected chi connectivity index (χ4v) is 4.49. The molecule has 2 aromatic carbocycles. The lowest BCUT2D eigenvalue weighted by atomic mass is 10.1. The van der Waals surface area contributed by atoms with Gasteiger partial charge in [-0.25, -0.2) is 4.79 Å². The molecular weight excluding hydrogens is 440 g/mol. The number of amides is 1. The zero-order chi connectivity index (χ0) is 23.5. The number of para-hydroxylation sites is 1. The Labute approximate surface area is 197 Å². The Balaban J connectivity index is 1.51. The lowest BCUT2D eigenvalue weighted by molar-refractivity contribution is 0.0937. The first kappa shape index (κ1) is 23.3. The minimum Gasteiger partial charge on any atom is -0.348 e.